The second-order valence-electron chi connectivity index (χ2n) is 4.00. The molecule has 1 unspecified atom stereocenters. The van der Waals surface area contributed by atoms with E-state index in [1.807, 2.05) is 6.92 Å². The average molecular weight is 274 g/mol. The summed E-state index contributed by atoms with van der Waals surface area (Å²) >= 11 is 6.01. The Kier molecular flexibility index (Phi) is 5.11. The first-order valence-corrected chi connectivity index (χ1v) is 6.21. The maximum absolute atomic E-state index is 13.0. The standard InChI is InChI=1S/C13H17ClFNO2/c1-4-16-13(3,12(17)18-5-2)10-7-6-9(15)8-11(10)14/h6-8,16H,4-5H2,1-3H3. The molecule has 0 spiro atoms. The van der Waals surface area contributed by atoms with E-state index >= 15 is 0 Å². The lowest BCUT2D eigenvalue weighted by Gasteiger charge is -2.29. The fraction of sp³-hybridized carbons (Fsp3) is 0.462. The van der Waals surface area contributed by atoms with E-state index < -0.39 is 17.3 Å². The summed E-state index contributed by atoms with van der Waals surface area (Å²) in [6, 6.07) is 3.96. The van der Waals surface area contributed by atoms with Crippen molar-refractivity contribution >= 4 is 17.6 Å². The van der Waals surface area contributed by atoms with Crippen molar-refractivity contribution in [2.75, 3.05) is 13.2 Å². The van der Waals surface area contributed by atoms with E-state index in [4.69, 9.17) is 16.3 Å². The average Bonchev–Trinajstić information content (AvgIpc) is 2.29. The zero-order valence-electron chi connectivity index (χ0n) is 10.7. The molecule has 5 heteroatoms. The molecule has 1 aromatic rings. The Morgan fingerprint density at radius 1 is 1.50 bits per heavy atom. The molecule has 0 amide bonds. The summed E-state index contributed by atoms with van der Waals surface area (Å²) in [7, 11) is 0. The number of hydrogen-bond acceptors (Lipinski definition) is 3. The molecule has 0 saturated carbocycles. The van der Waals surface area contributed by atoms with Gasteiger partial charge in [0.1, 0.15) is 11.4 Å². The lowest BCUT2D eigenvalue weighted by atomic mass is 9.91. The van der Waals surface area contributed by atoms with E-state index in [0.29, 0.717) is 12.1 Å². The smallest absolute Gasteiger partial charge is 0.330 e. The summed E-state index contributed by atoms with van der Waals surface area (Å²) < 4.78 is 18.1. The first-order chi connectivity index (χ1) is 8.45. The van der Waals surface area contributed by atoms with Crippen molar-refractivity contribution < 1.29 is 13.9 Å². The largest absolute Gasteiger partial charge is 0.464 e. The van der Waals surface area contributed by atoms with Crippen LogP contribution in [0.15, 0.2) is 18.2 Å². The van der Waals surface area contributed by atoms with Crippen LogP contribution < -0.4 is 5.32 Å². The maximum Gasteiger partial charge on any atom is 0.330 e. The lowest BCUT2D eigenvalue weighted by Crippen LogP contribution is -2.47. The molecule has 0 saturated heterocycles. The first-order valence-electron chi connectivity index (χ1n) is 5.83. The molecule has 18 heavy (non-hydrogen) atoms. The predicted octanol–water partition coefficient (Wildman–Crippen LogP) is 2.87. The second-order valence-corrected chi connectivity index (χ2v) is 4.41. The van der Waals surface area contributed by atoms with E-state index in [-0.39, 0.29) is 11.6 Å². The molecule has 0 bridgehead atoms. The number of benzene rings is 1. The Bertz CT molecular complexity index is 439. The zero-order valence-corrected chi connectivity index (χ0v) is 11.5. The van der Waals surface area contributed by atoms with Crippen LogP contribution in [-0.2, 0) is 15.1 Å². The van der Waals surface area contributed by atoms with Crippen LogP contribution in [0.2, 0.25) is 5.02 Å². The van der Waals surface area contributed by atoms with E-state index in [1.54, 1.807) is 13.8 Å². The van der Waals surface area contributed by atoms with Crippen molar-refractivity contribution in [3.05, 3.63) is 34.6 Å². The summed E-state index contributed by atoms with van der Waals surface area (Å²) in [6.07, 6.45) is 0. The van der Waals surface area contributed by atoms with Crippen LogP contribution >= 0.6 is 11.6 Å². The summed E-state index contributed by atoms with van der Waals surface area (Å²) in [5.74, 6) is -0.869. The molecule has 1 atom stereocenters. The maximum atomic E-state index is 13.0. The number of ether oxygens (including phenoxy) is 1. The van der Waals surface area contributed by atoms with Crippen LogP contribution in [0.3, 0.4) is 0 Å². The van der Waals surface area contributed by atoms with Gasteiger partial charge in [-0.15, -0.1) is 0 Å². The molecule has 0 aliphatic heterocycles. The summed E-state index contributed by atoms with van der Waals surface area (Å²) in [5.41, 5.74) is -0.568. The van der Waals surface area contributed by atoms with Crippen molar-refractivity contribution in [1.82, 2.24) is 5.32 Å². The van der Waals surface area contributed by atoms with Gasteiger partial charge < -0.3 is 4.74 Å². The van der Waals surface area contributed by atoms with Gasteiger partial charge >= 0.3 is 5.97 Å². The van der Waals surface area contributed by atoms with Crippen LogP contribution in [0.1, 0.15) is 26.3 Å². The van der Waals surface area contributed by atoms with Crippen LogP contribution in [0.5, 0.6) is 0 Å². The molecule has 0 aromatic heterocycles. The molecule has 0 aliphatic carbocycles. The number of carbonyl (C=O) groups is 1. The molecule has 0 fully saturated rings. The van der Waals surface area contributed by atoms with Crippen molar-refractivity contribution in [2.45, 2.75) is 26.3 Å². The molecule has 0 radical (unpaired) electrons. The van der Waals surface area contributed by atoms with Crippen molar-refractivity contribution in [1.29, 1.82) is 0 Å². The minimum absolute atomic E-state index is 0.200. The third-order valence-electron chi connectivity index (χ3n) is 2.68. The van der Waals surface area contributed by atoms with Crippen LogP contribution in [0.25, 0.3) is 0 Å². The summed E-state index contributed by atoms with van der Waals surface area (Å²) in [4.78, 5) is 12.1. The molecule has 1 N–H and O–H groups in total. The summed E-state index contributed by atoms with van der Waals surface area (Å²) in [5, 5.41) is 3.24. The highest BCUT2D eigenvalue weighted by Crippen LogP contribution is 2.30. The van der Waals surface area contributed by atoms with Gasteiger partial charge in [-0.05, 0) is 32.5 Å². The minimum atomic E-state index is -1.07. The number of likely N-dealkylation sites (N-methyl/N-ethyl adjacent to an activating group) is 1. The topological polar surface area (TPSA) is 38.3 Å². The van der Waals surface area contributed by atoms with Crippen LogP contribution in [0.4, 0.5) is 4.39 Å². The molecule has 1 aromatic carbocycles. The van der Waals surface area contributed by atoms with Crippen molar-refractivity contribution in [3.8, 4) is 0 Å². The first kappa shape index (κ1) is 14.9. The number of halogens is 2. The van der Waals surface area contributed by atoms with Crippen molar-refractivity contribution in [2.24, 2.45) is 0 Å². The number of nitrogens with one attached hydrogen (secondary N) is 1. The zero-order chi connectivity index (χ0) is 13.8. The van der Waals surface area contributed by atoms with E-state index in [2.05, 4.69) is 5.32 Å². The Morgan fingerprint density at radius 3 is 2.67 bits per heavy atom. The number of rotatable bonds is 5. The van der Waals surface area contributed by atoms with Gasteiger partial charge in [0, 0.05) is 10.6 Å². The third kappa shape index (κ3) is 3.00. The Hall–Kier alpha value is -1.13. The van der Waals surface area contributed by atoms with Gasteiger partial charge in [0.05, 0.1) is 6.61 Å². The van der Waals surface area contributed by atoms with Gasteiger partial charge in [0.25, 0.3) is 0 Å². The Balaban J connectivity index is 3.21. The highest BCUT2D eigenvalue weighted by Gasteiger charge is 2.37. The van der Waals surface area contributed by atoms with Gasteiger partial charge in [-0.25, -0.2) is 9.18 Å². The van der Waals surface area contributed by atoms with E-state index in [0.717, 1.165) is 0 Å². The fourth-order valence-electron chi connectivity index (χ4n) is 1.80. The molecular formula is C13H17ClFNO2. The molecule has 1 rings (SSSR count). The fourth-order valence-corrected chi connectivity index (χ4v) is 2.16. The van der Waals surface area contributed by atoms with E-state index in [9.17, 15) is 9.18 Å². The second kappa shape index (κ2) is 6.16. The predicted molar refractivity (Wildman–Crippen MR) is 69.1 cm³/mol. The number of hydrogen-bond donors (Lipinski definition) is 1. The van der Waals surface area contributed by atoms with Crippen molar-refractivity contribution in [3.63, 3.8) is 0 Å². The molecule has 100 valence electrons. The van der Waals surface area contributed by atoms with Crippen LogP contribution in [-0.4, -0.2) is 19.1 Å². The highest BCUT2D eigenvalue weighted by molar-refractivity contribution is 6.31. The monoisotopic (exact) mass is 273 g/mol. The Morgan fingerprint density at radius 2 is 2.17 bits per heavy atom. The Labute approximate surface area is 111 Å². The van der Waals surface area contributed by atoms with Gasteiger partial charge in [-0.2, -0.15) is 0 Å². The van der Waals surface area contributed by atoms with Gasteiger partial charge in [0.2, 0.25) is 0 Å². The molecule has 3 nitrogen and oxygen atoms in total. The van der Waals surface area contributed by atoms with Gasteiger partial charge in [0.15, 0.2) is 0 Å². The SMILES string of the molecule is CCNC(C)(C(=O)OCC)c1ccc(F)cc1Cl. The minimum Gasteiger partial charge on any atom is -0.464 e. The normalized spacial score (nSPS) is 14.1. The van der Waals surface area contributed by atoms with Gasteiger partial charge in [-0.1, -0.05) is 24.6 Å². The molecule has 0 heterocycles. The third-order valence-corrected chi connectivity index (χ3v) is 3.00. The summed E-state index contributed by atoms with van der Waals surface area (Å²) in [6.45, 7) is 6.11. The quantitative estimate of drug-likeness (QED) is 0.839. The number of esters is 1. The lowest BCUT2D eigenvalue weighted by molar-refractivity contribution is -0.151. The van der Waals surface area contributed by atoms with E-state index in [1.165, 1.54) is 18.2 Å². The highest BCUT2D eigenvalue weighted by atomic mass is 35.5. The molecule has 0 aliphatic rings. The number of carbonyl (C=O) groups excluding carboxylic acids is 1. The molecular weight excluding hydrogens is 257 g/mol. The van der Waals surface area contributed by atoms with Crippen LogP contribution in [0, 0.1) is 5.82 Å². The van der Waals surface area contributed by atoms with Gasteiger partial charge in [-0.3, -0.25) is 5.32 Å².